The first kappa shape index (κ1) is 20.0. The van der Waals surface area contributed by atoms with Crippen LogP contribution in [0.2, 0.25) is 0 Å². The van der Waals surface area contributed by atoms with Gasteiger partial charge in [0.2, 0.25) is 10.0 Å². The maximum absolute atomic E-state index is 13.8. The molecule has 158 valence electrons. The number of hydrogen-bond acceptors (Lipinski definition) is 2. The van der Waals surface area contributed by atoms with E-state index in [1.165, 1.54) is 10.9 Å². The van der Waals surface area contributed by atoms with Gasteiger partial charge in [-0.25, -0.2) is 8.42 Å². The minimum atomic E-state index is -3.68. The van der Waals surface area contributed by atoms with Crippen molar-refractivity contribution in [1.29, 1.82) is 0 Å². The number of rotatable bonds is 3. The summed E-state index contributed by atoms with van der Waals surface area (Å²) in [6, 6.07) is 21.4. The zero-order valence-electron chi connectivity index (χ0n) is 18.0. The summed E-state index contributed by atoms with van der Waals surface area (Å²) in [4.78, 5) is 3.90. The van der Waals surface area contributed by atoms with Crippen LogP contribution in [0.1, 0.15) is 39.6 Å². The molecule has 1 unspecified atom stereocenters. The Morgan fingerprint density at radius 3 is 2.39 bits per heavy atom. The van der Waals surface area contributed by atoms with E-state index in [0.29, 0.717) is 17.9 Å². The molecule has 3 aromatic carbocycles. The van der Waals surface area contributed by atoms with Crippen molar-refractivity contribution in [2.45, 2.75) is 38.1 Å². The molecule has 0 radical (unpaired) electrons. The van der Waals surface area contributed by atoms with E-state index in [0.717, 1.165) is 33.5 Å². The third-order valence-corrected chi connectivity index (χ3v) is 8.33. The molecule has 0 amide bonds. The fourth-order valence-electron chi connectivity index (χ4n) is 4.57. The van der Waals surface area contributed by atoms with Gasteiger partial charge in [-0.2, -0.15) is 4.31 Å². The van der Waals surface area contributed by atoms with Crippen molar-refractivity contribution in [1.82, 2.24) is 9.29 Å². The SMILES string of the molecule is Cc1ccc(C2c3[nH]c4ccccc4c3CCN2S(=O)(=O)c2ccc(C)c(C)c2)cc1. The first-order valence-corrected chi connectivity index (χ1v) is 12.1. The minimum absolute atomic E-state index is 0.354. The molecule has 0 saturated carbocycles. The van der Waals surface area contributed by atoms with E-state index in [2.05, 4.69) is 17.1 Å². The Morgan fingerprint density at radius 2 is 1.65 bits per heavy atom. The van der Waals surface area contributed by atoms with Crippen LogP contribution in [0.5, 0.6) is 0 Å². The van der Waals surface area contributed by atoms with Crippen molar-refractivity contribution in [3.63, 3.8) is 0 Å². The minimum Gasteiger partial charge on any atom is -0.357 e. The number of para-hydroxylation sites is 1. The molecule has 1 atom stereocenters. The molecule has 0 spiro atoms. The van der Waals surface area contributed by atoms with Crippen molar-refractivity contribution in [3.05, 3.63) is 100 Å². The van der Waals surface area contributed by atoms with E-state index in [1.807, 2.05) is 63.2 Å². The first-order valence-electron chi connectivity index (χ1n) is 10.6. The topological polar surface area (TPSA) is 53.2 Å². The fraction of sp³-hybridized carbons (Fsp3) is 0.231. The number of aromatic amines is 1. The van der Waals surface area contributed by atoms with Gasteiger partial charge in [-0.1, -0.05) is 54.1 Å². The largest absolute Gasteiger partial charge is 0.357 e. The Labute approximate surface area is 183 Å². The lowest BCUT2D eigenvalue weighted by atomic mass is 9.94. The summed E-state index contributed by atoms with van der Waals surface area (Å²) in [5.41, 5.74) is 7.44. The van der Waals surface area contributed by atoms with E-state index in [-0.39, 0.29) is 6.04 Å². The second-order valence-corrected chi connectivity index (χ2v) is 10.4. The summed E-state index contributed by atoms with van der Waals surface area (Å²) >= 11 is 0. The maximum Gasteiger partial charge on any atom is 0.244 e. The predicted octanol–water partition coefficient (Wildman–Crippen LogP) is 5.43. The van der Waals surface area contributed by atoms with Crippen LogP contribution >= 0.6 is 0 Å². The Morgan fingerprint density at radius 1 is 0.903 bits per heavy atom. The second-order valence-electron chi connectivity index (χ2n) is 8.49. The van der Waals surface area contributed by atoms with E-state index in [4.69, 9.17) is 0 Å². The molecule has 0 bridgehead atoms. The summed E-state index contributed by atoms with van der Waals surface area (Å²) in [5.74, 6) is 0. The third-order valence-electron chi connectivity index (χ3n) is 6.47. The zero-order valence-corrected chi connectivity index (χ0v) is 18.8. The van der Waals surface area contributed by atoms with Crippen LogP contribution in [0.3, 0.4) is 0 Å². The smallest absolute Gasteiger partial charge is 0.244 e. The third kappa shape index (κ3) is 3.29. The summed E-state index contributed by atoms with van der Waals surface area (Å²) in [5, 5.41) is 1.18. The summed E-state index contributed by atoms with van der Waals surface area (Å²) in [7, 11) is -3.68. The number of benzene rings is 3. The Hall–Kier alpha value is -2.89. The number of nitrogens with one attached hydrogen (secondary N) is 1. The van der Waals surface area contributed by atoms with Gasteiger partial charge in [0, 0.05) is 23.1 Å². The van der Waals surface area contributed by atoms with Gasteiger partial charge in [0.1, 0.15) is 0 Å². The van der Waals surface area contributed by atoms with Gasteiger partial charge < -0.3 is 4.98 Å². The Balaban J connectivity index is 1.71. The van der Waals surface area contributed by atoms with Crippen molar-refractivity contribution in [3.8, 4) is 0 Å². The molecule has 0 fully saturated rings. The molecular weight excluding hydrogens is 404 g/mol. The second kappa shape index (κ2) is 7.36. The van der Waals surface area contributed by atoms with Crippen LogP contribution in [0.15, 0.2) is 71.6 Å². The molecule has 5 heteroatoms. The quantitative estimate of drug-likeness (QED) is 0.471. The van der Waals surface area contributed by atoms with Crippen LogP contribution in [0.4, 0.5) is 0 Å². The van der Waals surface area contributed by atoms with Crippen LogP contribution in [0, 0.1) is 20.8 Å². The van der Waals surface area contributed by atoms with Gasteiger partial charge in [-0.15, -0.1) is 0 Å². The van der Waals surface area contributed by atoms with Gasteiger partial charge in [-0.3, -0.25) is 0 Å². The molecule has 1 aromatic heterocycles. The summed E-state index contributed by atoms with van der Waals surface area (Å²) in [6.07, 6.45) is 0.686. The van der Waals surface area contributed by atoms with E-state index in [1.54, 1.807) is 16.4 Å². The Bertz CT molecular complexity index is 1380. The van der Waals surface area contributed by atoms with Crippen LogP contribution in [0.25, 0.3) is 10.9 Å². The molecule has 1 N–H and O–H groups in total. The number of sulfonamides is 1. The molecule has 2 heterocycles. The molecule has 1 aliphatic rings. The van der Waals surface area contributed by atoms with Gasteiger partial charge in [0.15, 0.2) is 0 Å². The van der Waals surface area contributed by atoms with Gasteiger partial charge in [0.05, 0.1) is 10.9 Å². The maximum atomic E-state index is 13.8. The average Bonchev–Trinajstić information content (AvgIpc) is 3.14. The normalized spacial score (nSPS) is 17.1. The molecule has 31 heavy (non-hydrogen) atoms. The summed E-state index contributed by atoms with van der Waals surface area (Å²) < 4.78 is 29.3. The number of H-pyrrole nitrogens is 1. The predicted molar refractivity (Wildman–Crippen MR) is 125 cm³/mol. The lowest BCUT2D eigenvalue weighted by Crippen LogP contribution is -2.40. The van der Waals surface area contributed by atoms with Crippen molar-refractivity contribution in [2.24, 2.45) is 0 Å². The highest BCUT2D eigenvalue weighted by molar-refractivity contribution is 7.89. The lowest BCUT2D eigenvalue weighted by Gasteiger charge is -2.35. The number of aryl methyl sites for hydroxylation is 3. The number of aromatic nitrogens is 1. The van der Waals surface area contributed by atoms with Crippen LogP contribution in [-0.2, 0) is 16.4 Å². The zero-order chi connectivity index (χ0) is 21.8. The van der Waals surface area contributed by atoms with Crippen LogP contribution in [-0.4, -0.2) is 24.3 Å². The highest BCUT2D eigenvalue weighted by Gasteiger charge is 2.39. The molecule has 0 aliphatic carbocycles. The fourth-order valence-corrected chi connectivity index (χ4v) is 6.24. The standard InChI is InChI=1S/C26H26N2O2S/c1-17-8-11-20(12-9-17)26-25-23(22-6-4-5-7-24(22)27-25)14-15-28(26)31(29,30)21-13-10-18(2)19(3)16-21/h4-13,16,26-27H,14-15H2,1-3H3. The van der Waals surface area contributed by atoms with Crippen LogP contribution < -0.4 is 0 Å². The highest BCUT2D eigenvalue weighted by atomic mass is 32.2. The van der Waals surface area contributed by atoms with Gasteiger partial charge in [0.25, 0.3) is 0 Å². The average molecular weight is 431 g/mol. The van der Waals surface area contributed by atoms with Gasteiger partial charge in [-0.05, 0) is 67.6 Å². The van der Waals surface area contributed by atoms with Gasteiger partial charge >= 0.3 is 0 Å². The highest BCUT2D eigenvalue weighted by Crippen LogP contribution is 2.41. The van der Waals surface area contributed by atoms with E-state index >= 15 is 0 Å². The van der Waals surface area contributed by atoms with Crippen molar-refractivity contribution >= 4 is 20.9 Å². The van der Waals surface area contributed by atoms with Crippen molar-refractivity contribution in [2.75, 3.05) is 6.54 Å². The van der Waals surface area contributed by atoms with E-state index < -0.39 is 10.0 Å². The molecular formula is C26H26N2O2S. The Kier molecular flexibility index (Phi) is 4.76. The monoisotopic (exact) mass is 430 g/mol. The molecule has 5 rings (SSSR count). The number of hydrogen-bond donors (Lipinski definition) is 1. The summed E-state index contributed by atoms with van der Waals surface area (Å²) in [6.45, 7) is 6.45. The molecule has 4 aromatic rings. The number of fused-ring (bicyclic) bond motifs is 3. The molecule has 4 nitrogen and oxygen atoms in total. The molecule has 0 saturated heterocycles. The molecule has 1 aliphatic heterocycles. The lowest BCUT2D eigenvalue weighted by molar-refractivity contribution is 0.340. The van der Waals surface area contributed by atoms with Crippen molar-refractivity contribution < 1.29 is 8.42 Å². The van der Waals surface area contributed by atoms with E-state index in [9.17, 15) is 8.42 Å². The number of nitrogens with zero attached hydrogens (tertiary/aromatic N) is 1. The first-order chi connectivity index (χ1) is 14.9.